The minimum absolute atomic E-state index is 0.0429. The quantitative estimate of drug-likeness (QED) is 0.882. The van der Waals surface area contributed by atoms with Crippen molar-refractivity contribution < 1.29 is 14.3 Å². The molecule has 0 saturated carbocycles. The fraction of sp³-hybridized carbons (Fsp3) is 0.250. The third kappa shape index (κ3) is 3.13. The zero-order valence-corrected chi connectivity index (χ0v) is 11.2. The summed E-state index contributed by atoms with van der Waals surface area (Å²) in [5, 5.41) is 12.0. The van der Waals surface area contributed by atoms with Gasteiger partial charge in [-0.25, -0.2) is 4.79 Å². The van der Waals surface area contributed by atoms with Crippen LogP contribution in [-0.2, 0) is 6.54 Å². The first-order valence-corrected chi connectivity index (χ1v) is 6.56. The Bertz CT molecular complexity index is 549. The number of carboxylic acid groups (broad SMARTS) is 1. The van der Waals surface area contributed by atoms with Crippen molar-refractivity contribution >= 4 is 28.9 Å². The zero-order chi connectivity index (χ0) is 13.1. The van der Waals surface area contributed by atoms with E-state index < -0.39 is 5.97 Å². The second kappa shape index (κ2) is 5.56. The molecule has 0 saturated heterocycles. The molecule has 0 aliphatic heterocycles. The Labute approximate surface area is 113 Å². The first-order valence-electron chi connectivity index (χ1n) is 5.37. The third-order valence-electron chi connectivity index (χ3n) is 2.48. The standard InChI is InChI=1S/C12H12ClNO3S/c1-7(10-4-5-11(13)18-10)14-6-8-2-3-9(17-8)12(15)16/h2-5,7,14H,6H2,1H3,(H,15,16). The van der Waals surface area contributed by atoms with Gasteiger partial charge in [0.05, 0.1) is 10.9 Å². The van der Waals surface area contributed by atoms with E-state index in [0.717, 1.165) is 9.21 Å². The van der Waals surface area contributed by atoms with Gasteiger partial charge in [0.2, 0.25) is 5.76 Å². The summed E-state index contributed by atoms with van der Waals surface area (Å²) in [6, 6.07) is 7.07. The highest BCUT2D eigenvalue weighted by Crippen LogP contribution is 2.26. The van der Waals surface area contributed by atoms with Crippen LogP contribution in [0.2, 0.25) is 4.34 Å². The van der Waals surface area contributed by atoms with Crippen LogP contribution < -0.4 is 5.32 Å². The topological polar surface area (TPSA) is 62.5 Å². The lowest BCUT2D eigenvalue weighted by Gasteiger charge is -2.10. The summed E-state index contributed by atoms with van der Waals surface area (Å²) in [4.78, 5) is 11.8. The molecule has 2 N–H and O–H groups in total. The number of carbonyl (C=O) groups is 1. The van der Waals surface area contributed by atoms with Crippen LogP contribution in [0.25, 0.3) is 0 Å². The number of thiophene rings is 1. The lowest BCUT2D eigenvalue weighted by Crippen LogP contribution is -2.16. The van der Waals surface area contributed by atoms with E-state index in [-0.39, 0.29) is 11.8 Å². The monoisotopic (exact) mass is 285 g/mol. The van der Waals surface area contributed by atoms with Crippen molar-refractivity contribution in [2.24, 2.45) is 0 Å². The Balaban J connectivity index is 1.92. The number of hydrogen-bond acceptors (Lipinski definition) is 4. The van der Waals surface area contributed by atoms with Crippen LogP contribution in [0, 0.1) is 0 Å². The van der Waals surface area contributed by atoms with Gasteiger partial charge in [0, 0.05) is 10.9 Å². The molecule has 0 spiro atoms. The molecule has 0 radical (unpaired) electrons. The lowest BCUT2D eigenvalue weighted by atomic mass is 10.2. The average Bonchev–Trinajstić information content (AvgIpc) is 2.94. The molecule has 6 heteroatoms. The average molecular weight is 286 g/mol. The first-order chi connectivity index (χ1) is 8.56. The second-order valence-corrected chi connectivity index (χ2v) is 5.56. The maximum absolute atomic E-state index is 10.6. The Hall–Kier alpha value is -1.30. The molecule has 1 atom stereocenters. The van der Waals surface area contributed by atoms with Gasteiger partial charge in [-0.15, -0.1) is 11.3 Å². The predicted octanol–water partition coefficient (Wildman–Crippen LogP) is 3.54. The van der Waals surface area contributed by atoms with Gasteiger partial charge in [-0.1, -0.05) is 11.6 Å². The van der Waals surface area contributed by atoms with E-state index in [2.05, 4.69) is 5.32 Å². The molecule has 18 heavy (non-hydrogen) atoms. The Kier molecular flexibility index (Phi) is 4.06. The van der Waals surface area contributed by atoms with Crippen LogP contribution in [-0.4, -0.2) is 11.1 Å². The van der Waals surface area contributed by atoms with Crippen molar-refractivity contribution in [3.05, 3.63) is 45.0 Å². The molecular weight excluding hydrogens is 274 g/mol. The highest BCUT2D eigenvalue weighted by atomic mass is 35.5. The molecule has 0 fully saturated rings. The highest BCUT2D eigenvalue weighted by molar-refractivity contribution is 7.16. The van der Waals surface area contributed by atoms with Gasteiger partial charge in [0.15, 0.2) is 0 Å². The second-order valence-electron chi connectivity index (χ2n) is 3.82. The van der Waals surface area contributed by atoms with Crippen LogP contribution >= 0.6 is 22.9 Å². The number of furan rings is 1. The van der Waals surface area contributed by atoms with Crippen molar-refractivity contribution in [1.29, 1.82) is 0 Å². The molecule has 0 aliphatic rings. The third-order valence-corrected chi connectivity index (χ3v) is 3.89. The number of halogens is 1. The van der Waals surface area contributed by atoms with Gasteiger partial charge in [-0.3, -0.25) is 0 Å². The summed E-state index contributed by atoms with van der Waals surface area (Å²) in [5.41, 5.74) is 0. The van der Waals surface area contributed by atoms with Crippen molar-refractivity contribution in [2.45, 2.75) is 19.5 Å². The molecule has 0 aliphatic carbocycles. The number of nitrogens with one attached hydrogen (secondary N) is 1. The summed E-state index contributed by atoms with van der Waals surface area (Å²) in [6.45, 7) is 2.49. The van der Waals surface area contributed by atoms with E-state index in [9.17, 15) is 4.79 Å². The van der Waals surface area contributed by atoms with Crippen molar-refractivity contribution in [2.75, 3.05) is 0 Å². The van der Waals surface area contributed by atoms with Gasteiger partial charge >= 0.3 is 5.97 Å². The fourth-order valence-corrected chi connectivity index (χ4v) is 2.59. The van der Waals surface area contributed by atoms with Crippen LogP contribution in [0.5, 0.6) is 0 Å². The van der Waals surface area contributed by atoms with Crippen molar-refractivity contribution in [1.82, 2.24) is 5.32 Å². The summed E-state index contributed by atoms with van der Waals surface area (Å²) < 4.78 is 5.91. The van der Waals surface area contributed by atoms with Crippen LogP contribution in [0.3, 0.4) is 0 Å². The fourth-order valence-electron chi connectivity index (χ4n) is 1.50. The van der Waals surface area contributed by atoms with Gasteiger partial charge in [-0.05, 0) is 31.2 Å². The summed E-state index contributed by atoms with van der Waals surface area (Å²) in [5.74, 6) is -0.500. The van der Waals surface area contributed by atoms with Gasteiger partial charge < -0.3 is 14.8 Å². The number of hydrogen-bond donors (Lipinski definition) is 2. The summed E-state index contributed by atoms with van der Waals surface area (Å²) in [6.07, 6.45) is 0. The maximum atomic E-state index is 10.6. The van der Waals surface area contributed by atoms with Crippen LogP contribution in [0.4, 0.5) is 0 Å². The molecule has 2 aromatic rings. The summed E-state index contributed by atoms with van der Waals surface area (Å²) in [7, 11) is 0. The predicted molar refractivity (Wildman–Crippen MR) is 70.3 cm³/mol. The van der Waals surface area contributed by atoms with E-state index >= 15 is 0 Å². The normalized spacial score (nSPS) is 12.6. The van der Waals surface area contributed by atoms with Crippen molar-refractivity contribution in [3.63, 3.8) is 0 Å². The molecule has 4 nitrogen and oxygen atoms in total. The molecule has 0 aromatic carbocycles. The smallest absolute Gasteiger partial charge is 0.371 e. The Morgan fingerprint density at radius 1 is 1.50 bits per heavy atom. The van der Waals surface area contributed by atoms with Gasteiger partial charge in [0.1, 0.15) is 5.76 Å². The first kappa shape index (κ1) is 13.1. The Morgan fingerprint density at radius 3 is 2.83 bits per heavy atom. The molecule has 0 amide bonds. The van der Waals surface area contributed by atoms with Crippen molar-refractivity contribution in [3.8, 4) is 0 Å². The van der Waals surface area contributed by atoms with E-state index in [1.165, 1.54) is 17.4 Å². The van der Waals surface area contributed by atoms with Gasteiger partial charge in [-0.2, -0.15) is 0 Å². The van der Waals surface area contributed by atoms with E-state index in [0.29, 0.717) is 12.3 Å². The Morgan fingerprint density at radius 2 is 2.28 bits per heavy atom. The van der Waals surface area contributed by atoms with E-state index in [1.807, 2.05) is 19.1 Å². The minimum atomic E-state index is -1.06. The van der Waals surface area contributed by atoms with Gasteiger partial charge in [0.25, 0.3) is 0 Å². The van der Waals surface area contributed by atoms with Crippen LogP contribution in [0.15, 0.2) is 28.7 Å². The molecule has 2 aromatic heterocycles. The molecule has 2 rings (SSSR count). The highest BCUT2D eigenvalue weighted by Gasteiger charge is 2.11. The lowest BCUT2D eigenvalue weighted by molar-refractivity contribution is 0.0660. The minimum Gasteiger partial charge on any atom is -0.475 e. The summed E-state index contributed by atoms with van der Waals surface area (Å²) >= 11 is 7.39. The number of carboxylic acids is 1. The number of rotatable bonds is 5. The number of aromatic carboxylic acids is 1. The molecule has 1 unspecified atom stereocenters. The molecule has 96 valence electrons. The van der Waals surface area contributed by atoms with Crippen LogP contribution in [0.1, 0.15) is 34.2 Å². The SMILES string of the molecule is CC(NCc1ccc(C(=O)O)o1)c1ccc(Cl)s1. The zero-order valence-electron chi connectivity index (χ0n) is 9.64. The van der Waals surface area contributed by atoms with E-state index in [4.69, 9.17) is 21.1 Å². The molecular formula is C12H12ClNO3S. The largest absolute Gasteiger partial charge is 0.475 e. The maximum Gasteiger partial charge on any atom is 0.371 e. The van der Waals surface area contributed by atoms with E-state index in [1.54, 1.807) is 6.07 Å². The molecule has 2 heterocycles. The molecule has 0 bridgehead atoms.